The maximum atomic E-state index is 11.9. The minimum atomic E-state index is -0.521. The average Bonchev–Trinajstić information content (AvgIpc) is 2.57. The molecule has 1 heterocycles. The van der Waals surface area contributed by atoms with Crippen molar-refractivity contribution >= 4 is 32.2 Å². The van der Waals surface area contributed by atoms with Crippen LogP contribution in [-0.4, -0.2) is 32.7 Å². The van der Waals surface area contributed by atoms with Gasteiger partial charge in [-0.15, -0.1) is 0 Å². The number of nitrogens with zero attached hydrogens (tertiary/aromatic N) is 2. The highest BCUT2D eigenvalue weighted by Crippen LogP contribution is 2.21. The largest absolute Gasteiger partial charge is 0.459 e. The predicted molar refractivity (Wildman–Crippen MR) is 106 cm³/mol. The molecule has 1 aromatic heterocycles. The number of esters is 1. The highest BCUT2D eigenvalue weighted by atomic mass is 79.9. The van der Waals surface area contributed by atoms with Gasteiger partial charge in [-0.05, 0) is 66.9 Å². The van der Waals surface area contributed by atoms with Crippen LogP contribution in [-0.2, 0) is 22.4 Å². The molecule has 0 unspecified atom stereocenters. The van der Waals surface area contributed by atoms with E-state index < -0.39 is 5.60 Å². The summed E-state index contributed by atoms with van der Waals surface area (Å²) in [5.74, 6) is 0.449. The Hall–Kier alpha value is -2.28. The lowest BCUT2D eigenvalue weighted by Gasteiger charge is -2.20. The van der Waals surface area contributed by atoms with E-state index >= 15 is 0 Å². The summed E-state index contributed by atoms with van der Waals surface area (Å²) in [5, 5.41) is 11.0. The predicted octanol–water partition coefficient (Wildman–Crippen LogP) is 3.74. The minimum Gasteiger partial charge on any atom is -0.459 e. The van der Waals surface area contributed by atoms with Gasteiger partial charge in [0.15, 0.2) is 0 Å². The lowest BCUT2D eigenvalue weighted by Crippen LogP contribution is -2.28. The van der Waals surface area contributed by atoms with Crippen molar-refractivity contribution < 1.29 is 9.53 Å². The molecule has 0 spiro atoms. The molecule has 0 aliphatic rings. The number of halogens is 1. The zero-order valence-electron chi connectivity index (χ0n) is 15.2. The Morgan fingerprint density at radius 3 is 2.54 bits per heavy atom. The van der Waals surface area contributed by atoms with Crippen LogP contribution in [0.1, 0.15) is 37.7 Å². The van der Waals surface area contributed by atoms with Crippen LogP contribution in [0.5, 0.6) is 0 Å². The molecular formula is C19H23BrN4O2. The number of carbonyl (C=O) groups is 1. The van der Waals surface area contributed by atoms with E-state index in [1.165, 1.54) is 0 Å². The van der Waals surface area contributed by atoms with Crippen molar-refractivity contribution in [3.63, 3.8) is 0 Å². The first-order valence-electron chi connectivity index (χ1n) is 8.33. The number of carbonyl (C=O) groups excluding carboxylic acids is 1. The van der Waals surface area contributed by atoms with Crippen molar-refractivity contribution in [1.29, 1.82) is 5.41 Å². The number of anilines is 1. The van der Waals surface area contributed by atoms with Gasteiger partial charge in [0.05, 0.1) is 0 Å². The lowest BCUT2D eigenvalue weighted by molar-refractivity contribution is -0.152. The fourth-order valence-corrected chi connectivity index (χ4v) is 2.67. The highest BCUT2D eigenvalue weighted by molar-refractivity contribution is 9.18. The number of rotatable bonds is 7. The second kappa shape index (κ2) is 8.89. The summed E-state index contributed by atoms with van der Waals surface area (Å²) in [6.45, 7) is 5.53. The van der Waals surface area contributed by atoms with Gasteiger partial charge < -0.3 is 10.1 Å². The van der Waals surface area contributed by atoms with Crippen molar-refractivity contribution in [3.05, 3.63) is 53.6 Å². The third-order valence-electron chi connectivity index (χ3n) is 3.42. The Labute approximate surface area is 162 Å². The van der Waals surface area contributed by atoms with Crippen LogP contribution in [0.2, 0.25) is 0 Å². The third-order valence-corrected chi connectivity index (χ3v) is 3.85. The smallest absolute Gasteiger partial charge is 0.325 e. The van der Waals surface area contributed by atoms with Crippen molar-refractivity contribution in [2.45, 2.75) is 39.2 Å². The molecule has 0 atom stereocenters. The molecule has 0 radical (unpaired) electrons. The molecule has 0 amide bonds. The number of hydrogen-bond acceptors (Lipinski definition) is 6. The quantitative estimate of drug-likeness (QED) is 0.528. The Kier molecular flexibility index (Phi) is 6.85. The summed E-state index contributed by atoms with van der Waals surface area (Å²) in [6.07, 6.45) is 4.95. The molecule has 1 aromatic carbocycles. The van der Waals surface area contributed by atoms with Crippen molar-refractivity contribution in [3.8, 4) is 0 Å². The summed E-state index contributed by atoms with van der Waals surface area (Å²) in [6, 6.07) is 7.56. The van der Waals surface area contributed by atoms with Crippen LogP contribution in [0.15, 0.2) is 36.7 Å². The zero-order valence-corrected chi connectivity index (χ0v) is 16.8. The molecule has 2 aromatic rings. The number of aromatic nitrogens is 2. The van der Waals surface area contributed by atoms with E-state index in [0.29, 0.717) is 11.3 Å². The molecule has 138 valence electrons. The van der Waals surface area contributed by atoms with Gasteiger partial charge in [-0.1, -0.05) is 6.07 Å². The first kappa shape index (κ1) is 20.0. The Balaban J connectivity index is 2.03. The second-order valence-electron chi connectivity index (χ2n) is 6.80. The monoisotopic (exact) mass is 418 g/mol. The van der Waals surface area contributed by atoms with Gasteiger partial charge >= 0.3 is 5.97 Å². The van der Waals surface area contributed by atoms with E-state index in [0.717, 1.165) is 24.2 Å². The van der Waals surface area contributed by atoms with Crippen LogP contribution < -0.4 is 5.32 Å². The van der Waals surface area contributed by atoms with Crippen LogP contribution >= 0.6 is 15.9 Å². The number of nitrogens with one attached hydrogen (secondary N) is 2. The summed E-state index contributed by atoms with van der Waals surface area (Å²) >= 11 is 3.22. The van der Waals surface area contributed by atoms with Crippen LogP contribution in [0, 0.1) is 5.41 Å². The maximum Gasteiger partial charge on any atom is 0.325 e. The van der Waals surface area contributed by atoms with Gasteiger partial charge in [0.1, 0.15) is 22.6 Å². The fraction of sp³-hybridized carbons (Fsp3) is 0.368. The molecule has 0 aliphatic carbocycles. The first-order valence-corrected chi connectivity index (χ1v) is 9.13. The van der Waals surface area contributed by atoms with Gasteiger partial charge in [-0.2, -0.15) is 0 Å². The SMILES string of the molecule is CC(C)(C)OC(=O)CNc1ccc(CCc2ncccn2)cc1C(=N)Br. The van der Waals surface area contributed by atoms with Crippen molar-refractivity contribution in [1.82, 2.24) is 9.97 Å². The topological polar surface area (TPSA) is 88.0 Å². The summed E-state index contributed by atoms with van der Waals surface area (Å²) in [7, 11) is 0. The van der Waals surface area contributed by atoms with E-state index in [9.17, 15) is 4.79 Å². The molecule has 26 heavy (non-hydrogen) atoms. The summed E-state index contributed by atoms with van der Waals surface area (Å²) < 4.78 is 5.54. The Morgan fingerprint density at radius 1 is 1.23 bits per heavy atom. The van der Waals surface area contributed by atoms with E-state index in [1.807, 2.05) is 39.0 Å². The molecular weight excluding hydrogens is 396 g/mol. The molecule has 7 heteroatoms. The normalized spacial score (nSPS) is 11.1. The maximum absolute atomic E-state index is 11.9. The highest BCUT2D eigenvalue weighted by Gasteiger charge is 2.16. The molecule has 0 saturated carbocycles. The van der Waals surface area contributed by atoms with Crippen LogP contribution in [0.25, 0.3) is 0 Å². The molecule has 6 nitrogen and oxygen atoms in total. The molecule has 0 bridgehead atoms. The number of aryl methyl sites for hydroxylation is 2. The van der Waals surface area contributed by atoms with Gasteiger partial charge in [-0.25, -0.2) is 9.97 Å². The lowest BCUT2D eigenvalue weighted by atomic mass is 10.0. The van der Waals surface area contributed by atoms with Crippen molar-refractivity contribution in [2.75, 3.05) is 11.9 Å². The minimum absolute atomic E-state index is 0.0434. The number of benzene rings is 1. The van der Waals surface area contributed by atoms with Gasteiger partial charge in [0.2, 0.25) is 0 Å². The summed E-state index contributed by atoms with van der Waals surface area (Å²) in [4.78, 5) is 20.3. The molecule has 2 N–H and O–H groups in total. The van der Waals surface area contributed by atoms with E-state index in [2.05, 4.69) is 31.2 Å². The molecule has 0 saturated heterocycles. The first-order chi connectivity index (χ1) is 12.2. The fourth-order valence-electron chi connectivity index (χ4n) is 2.34. The molecule has 0 fully saturated rings. The summed E-state index contributed by atoms with van der Waals surface area (Å²) in [5.41, 5.74) is 1.95. The van der Waals surface area contributed by atoms with E-state index in [4.69, 9.17) is 10.1 Å². The molecule has 2 rings (SSSR count). The van der Waals surface area contributed by atoms with Crippen LogP contribution in [0.3, 0.4) is 0 Å². The number of hydrogen-bond donors (Lipinski definition) is 2. The van der Waals surface area contributed by atoms with Crippen LogP contribution in [0.4, 0.5) is 5.69 Å². The third kappa shape index (κ3) is 6.55. The average molecular weight is 419 g/mol. The standard InChI is InChI=1S/C19H23BrN4O2/c1-19(2,3)26-17(25)12-24-15-7-5-13(11-14(15)18(20)21)6-8-16-22-9-4-10-23-16/h4-5,7,9-11,21,24H,6,8,12H2,1-3H3. The second-order valence-corrected chi connectivity index (χ2v) is 7.59. The van der Waals surface area contributed by atoms with Crippen molar-refractivity contribution in [2.24, 2.45) is 0 Å². The number of ether oxygens (including phenoxy) is 1. The van der Waals surface area contributed by atoms with Gasteiger partial charge in [0.25, 0.3) is 0 Å². The van der Waals surface area contributed by atoms with Gasteiger partial charge in [0, 0.05) is 30.1 Å². The van der Waals surface area contributed by atoms with Gasteiger partial charge in [-0.3, -0.25) is 10.2 Å². The Bertz CT molecular complexity index is 773. The molecule has 0 aliphatic heterocycles. The zero-order chi connectivity index (χ0) is 19.2. The Morgan fingerprint density at radius 2 is 1.92 bits per heavy atom. The van der Waals surface area contributed by atoms with E-state index in [1.54, 1.807) is 18.5 Å². The van der Waals surface area contributed by atoms with E-state index in [-0.39, 0.29) is 17.1 Å².